The maximum atomic E-state index is 12.3. The number of thioether (sulfide) groups is 1. The third-order valence-corrected chi connectivity index (χ3v) is 5.98. The maximum Gasteiger partial charge on any atom is 0.234 e. The van der Waals surface area contributed by atoms with Gasteiger partial charge in [0.1, 0.15) is 11.3 Å². The van der Waals surface area contributed by atoms with Crippen molar-refractivity contribution >= 4 is 34.5 Å². The summed E-state index contributed by atoms with van der Waals surface area (Å²) < 4.78 is 8.88. The molecule has 0 aliphatic heterocycles. The van der Waals surface area contributed by atoms with Gasteiger partial charge in [0.2, 0.25) is 5.91 Å². The molecule has 0 aliphatic carbocycles. The Hall–Kier alpha value is -3.85. The van der Waals surface area contributed by atoms with Gasteiger partial charge in [-0.15, -0.1) is 10.2 Å². The number of hydrogen-bond acceptors (Lipinski definition) is 6. The number of ether oxygens (including phenoxy) is 1. The number of nitrogens with zero attached hydrogens (tertiary/aromatic N) is 5. The summed E-state index contributed by atoms with van der Waals surface area (Å²) in [5, 5.41) is 16.8. The summed E-state index contributed by atoms with van der Waals surface area (Å²) in [4.78, 5) is 12.3. The Morgan fingerprint density at radius 3 is 2.59 bits per heavy atom. The fourth-order valence-electron chi connectivity index (χ4n) is 3.36. The molecular formula is C23H20N6O2S. The molecule has 5 aromatic rings. The van der Waals surface area contributed by atoms with E-state index in [1.807, 2.05) is 78.3 Å². The number of amides is 1. The van der Waals surface area contributed by atoms with E-state index in [0.29, 0.717) is 10.8 Å². The van der Waals surface area contributed by atoms with Crippen molar-refractivity contribution in [3.63, 3.8) is 0 Å². The van der Waals surface area contributed by atoms with Crippen LogP contribution in [0.4, 0.5) is 5.69 Å². The second kappa shape index (κ2) is 8.35. The zero-order chi connectivity index (χ0) is 22.1. The normalized spacial score (nSPS) is 11.2. The van der Waals surface area contributed by atoms with Crippen molar-refractivity contribution in [2.24, 2.45) is 0 Å². The van der Waals surface area contributed by atoms with E-state index < -0.39 is 0 Å². The van der Waals surface area contributed by atoms with Gasteiger partial charge in [-0.3, -0.25) is 9.20 Å². The molecule has 1 amide bonds. The fourth-order valence-corrected chi connectivity index (χ4v) is 4.07. The summed E-state index contributed by atoms with van der Waals surface area (Å²) in [6.45, 7) is 2.01. The van der Waals surface area contributed by atoms with Gasteiger partial charge < -0.3 is 10.1 Å². The number of aromatic nitrogens is 5. The van der Waals surface area contributed by atoms with Crippen molar-refractivity contribution in [1.82, 2.24) is 24.2 Å². The van der Waals surface area contributed by atoms with E-state index >= 15 is 0 Å². The van der Waals surface area contributed by atoms with Gasteiger partial charge in [0.05, 0.1) is 18.6 Å². The van der Waals surface area contributed by atoms with Crippen LogP contribution >= 0.6 is 11.8 Å². The molecule has 0 saturated heterocycles. The minimum absolute atomic E-state index is 0.0946. The van der Waals surface area contributed by atoms with Crippen LogP contribution in [0.1, 0.15) is 5.56 Å². The van der Waals surface area contributed by atoms with Crippen molar-refractivity contribution in [2.45, 2.75) is 12.1 Å². The molecular weight excluding hydrogens is 424 g/mol. The van der Waals surface area contributed by atoms with Crippen LogP contribution in [0.25, 0.3) is 22.4 Å². The Bertz CT molecular complexity index is 1410. The van der Waals surface area contributed by atoms with Crippen LogP contribution in [-0.2, 0) is 4.79 Å². The predicted octanol–water partition coefficient (Wildman–Crippen LogP) is 4.09. The van der Waals surface area contributed by atoms with Crippen molar-refractivity contribution < 1.29 is 9.53 Å². The molecule has 1 N–H and O–H groups in total. The lowest BCUT2D eigenvalue weighted by atomic mass is 10.1. The first-order valence-corrected chi connectivity index (χ1v) is 11.0. The number of carbonyl (C=O) groups excluding carboxylic acids is 1. The summed E-state index contributed by atoms with van der Waals surface area (Å²) >= 11 is 1.34. The van der Waals surface area contributed by atoms with Gasteiger partial charge in [-0.05, 0) is 49.4 Å². The van der Waals surface area contributed by atoms with Crippen molar-refractivity contribution in [3.05, 3.63) is 72.6 Å². The van der Waals surface area contributed by atoms with Gasteiger partial charge in [0.25, 0.3) is 0 Å². The third-order valence-electron chi connectivity index (χ3n) is 5.04. The Kier molecular flexibility index (Phi) is 5.24. The van der Waals surface area contributed by atoms with Gasteiger partial charge in [0, 0.05) is 23.6 Å². The third kappa shape index (κ3) is 3.90. The molecule has 2 aromatic carbocycles. The topological polar surface area (TPSA) is 85.8 Å². The minimum Gasteiger partial charge on any atom is -0.497 e. The van der Waals surface area contributed by atoms with E-state index in [1.165, 1.54) is 11.8 Å². The lowest BCUT2D eigenvalue weighted by molar-refractivity contribution is -0.113. The molecule has 0 radical (unpaired) electrons. The monoisotopic (exact) mass is 444 g/mol. The van der Waals surface area contributed by atoms with Gasteiger partial charge in [-0.25, -0.2) is 4.52 Å². The molecule has 8 nitrogen and oxygen atoms in total. The molecule has 0 unspecified atom stereocenters. The summed E-state index contributed by atoms with van der Waals surface area (Å²) in [5.74, 6) is 0.934. The number of aryl methyl sites for hydroxylation is 1. The lowest BCUT2D eigenvalue weighted by Gasteiger charge is -2.05. The Labute approximate surface area is 188 Å². The molecule has 160 valence electrons. The number of anilines is 1. The largest absolute Gasteiger partial charge is 0.497 e. The molecule has 0 saturated carbocycles. The molecule has 32 heavy (non-hydrogen) atoms. The molecule has 9 heteroatoms. The van der Waals surface area contributed by atoms with E-state index in [9.17, 15) is 4.79 Å². The average molecular weight is 445 g/mol. The van der Waals surface area contributed by atoms with E-state index in [0.717, 1.165) is 33.8 Å². The number of benzene rings is 2. The zero-order valence-corrected chi connectivity index (χ0v) is 18.3. The van der Waals surface area contributed by atoms with Crippen LogP contribution in [-0.4, -0.2) is 43.0 Å². The van der Waals surface area contributed by atoms with Gasteiger partial charge >= 0.3 is 0 Å². The molecule has 5 rings (SSSR count). The van der Waals surface area contributed by atoms with Crippen LogP contribution in [0, 0.1) is 6.92 Å². The fraction of sp³-hybridized carbons (Fsp3) is 0.130. The highest BCUT2D eigenvalue weighted by Gasteiger charge is 2.14. The second-order valence-corrected chi connectivity index (χ2v) is 8.21. The number of rotatable bonds is 6. The zero-order valence-electron chi connectivity index (χ0n) is 17.5. The summed E-state index contributed by atoms with van der Waals surface area (Å²) in [6, 6.07) is 17.4. The smallest absolute Gasteiger partial charge is 0.234 e. The quantitative estimate of drug-likeness (QED) is 0.397. The Morgan fingerprint density at radius 1 is 1.06 bits per heavy atom. The number of methoxy groups -OCH3 is 1. The molecule has 0 aliphatic rings. The minimum atomic E-state index is -0.0946. The molecule has 0 spiro atoms. The van der Waals surface area contributed by atoms with E-state index in [1.54, 1.807) is 11.6 Å². The van der Waals surface area contributed by atoms with Crippen molar-refractivity contribution in [1.29, 1.82) is 0 Å². The van der Waals surface area contributed by atoms with Crippen LogP contribution < -0.4 is 10.1 Å². The highest BCUT2D eigenvalue weighted by molar-refractivity contribution is 7.99. The highest BCUT2D eigenvalue weighted by atomic mass is 32.2. The van der Waals surface area contributed by atoms with E-state index in [4.69, 9.17) is 4.74 Å². The molecule has 3 aromatic heterocycles. The van der Waals surface area contributed by atoms with Crippen LogP contribution in [0.2, 0.25) is 0 Å². The number of carbonyl (C=O) groups is 1. The summed E-state index contributed by atoms with van der Waals surface area (Å²) in [5.41, 5.74) is 5.25. The summed E-state index contributed by atoms with van der Waals surface area (Å²) in [7, 11) is 1.64. The van der Waals surface area contributed by atoms with Crippen molar-refractivity contribution in [2.75, 3.05) is 18.2 Å². The van der Waals surface area contributed by atoms with E-state index in [-0.39, 0.29) is 11.7 Å². The van der Waals surface area contributed by atoms with Crippen LogP contribution in [0.5, 0.6) is 5.75 Å². The average Bonchev–Trinajstić information content (AvgIpc) is 3.43. The standard InChI is InChI=1S/C23H20N6O2S/c1-15-3-7-17(8-4-15)24-21(30)14-32-23-26-25-22-20-13-19(27-29(20)12-11-28(22)23)16-5-9-18(31-2)10-6-16/h3-13H,14H2,1-2H3,(H,24,30). The first kappa shape index (κ1) is 20.1. The lowest BCUT2D eigenvalue weighted by Crippen LogP contribution is -2.14. The first-order chi connectivity index (χ1) is 15.6. The second-order valence-electron chi connectivity index (χ2n) is 7.27. The van der Waals surface area contributed by atoms with Crippen LogP contribution in [0.3, 0.4) is 0 Å². The Balaban J connectivity index is 1.35. The molecule has 0 bridgehead atoms. The maximum absolute atomic E-state index is 12.3. The van der Waals surface area contributed by atoms with E-state index in [2.05, 4.69) is 20.6 Å². The summed E-state index contributed by atoms with van der Waals surface area (Å²) in [6.07, 6.45) is 3.71. The molecule has 0 fully saturated rings. The molecule has 0 atom stereocenters. The predicted molar refractivity (Wildman–Crippen MR) is 124 cm³/mol. The Morgan fingerprint density at radius 2 is 1.84 bits per heavy atom. The molecule has 3 heterocycles. The number of hydrogen-bond donors (Lipinski definition) is 1. The first-order valence-electron chi connectivity index (χ1n) is 9.97. The van der Waals surface area contributed by atoms with Gasteiger partial charge in [0.15, 0.2) is 10.8 Å². The van der Waals surface area contributed by atoms with Gasteiger partial charge in [-0.2, -0.15) is 5.10 Å². The van der Waals surface area contributed by atoms with Gasteiger partial charge in [-0.1, -0.05) is 29.5 Å². The number of nitrogens with one attached hydrogen (secondary N) is 1. The number of fused-ring (bicyclic) bond motifs is 3. The van der Waals surface area contributed by atoms with Crippen molar-refractivity contribution in [3.8, 4) is 17.0 Å². The van der Waals surface area contributed by atoms with Crippen LogP contribution in [0.15, 0.2) is 72.1 Å². The highest BCUT2D eigenvalue weighted by Crippen LogP contribution is 2.25. The SMILES string of the molecule is COc1ccc(-c2cc3c4nnc(SCC(=O)Nc5ccc(C)cc5)n4ccn3n2)cc1.